The molecule has 2 heterocycles. The maximum Gasteiger partial charge on any atom is 0.275 e. The van der Waals surface area contributed by atoms with E-state index < -0.39 is 0 Å². The van der Waals surface area contributed by atoms with E-state index in [0.29, 0.717) is 18.8 Å². The first-order valence-corrected chi connectivity index (χ1v) is 8.17. The zero-order valence-electron chi connectivity index (χ0n) is 12.5. The number of nitrogens with zero attached hydrogens (tertiary/aromatic N) is 4. The molecule has 0 N–H and O–H groups in total. The molecule has 0 aliphatic heterocycles. The van der Waals surface area contributed by atoms with Crippen molar-refractivity contribution in [3.63, 3.8) is 0 Å². The zero-order valence-corrected chi connectivity index (χ0v) is 13.3. The fourth-order valence-corrected chi connectivity index (χ4v) is 2.70. The summed E-state index contributed by atoms with van der Waals surface area (Å²) in [4.78, 5) is 18.7. The molecule has 3 aromatic rings. The molecule has 0 spiro atoms. The Morgan fingerprint density at radius 3 is 2.61 bits per heavy atom. The molecule has 0 aliphatic carbocycles. The Morgan fingerprint density at radius 1 is 1.09 bits per heavy atom. The van der Waals surface area contributed by atoms with E-state index in [1.807, 2.05) is 36.4 Å². The Labute approximate surface area is 138 Å². The number of aromatic nitrogens is 3. The molecule has 2 aromatic heterocycles. The van der Waals surface area contributed by atoms with Gasteiger partial charge in [-0.3, -0.25) is 9.78 Å². The van der Waals surface area contributed by atoms with Crippen molar-refractivity contribution in [2.75, 3.05) is 6.54 Å². The van der Waals surface area contributed by atoms with Crippen molar-refractivity contribution in [3.05, 3.63) is 77.1 Å². The first kappa shape index (κ1) is 15.3. The average Bonchev–Trinajstić information content (AvgIpc) is 3.14. The number of carbonyl (C=O) groups is 1. The molecule has 0 aliphatic rings. The van der Waals surface area contributed by atoms with Crippen molar-refractivity contribution < 1.29 is 4.79 Å². The van der Waals surface area contributed by atoms with Gasteiger partial charge >= 0.3 is 0 Å². The molecule has 6 heteroatoms. The van der Waals surface area contributed by atoms with Gasteiger partial charge in [-0.05, 0) is 35.6 Å². The van der Waals surface area contributed by atoms with Crippen LogP contribution in [0.1, 0.15) is 21.7 Å². The van der Waals surface area contributed by atoms with E-state index in [-0.39, 0.29) is 5.91 Å². The van der Waals surface area contributed by atoms with E-state index in [9.17, 15) is 4.79 Å². The van der Waals surface area contributed by atoms with Crippen LogP contribution in [0.15, 0.2) is 60.1 Å². The fourth-order valence-electron chi connectivity index (χ4n) is 2.27. The third-order valence-electron chi connectivity index (χ3n) is 3.46. The summed E-state index contributed by atoms with van der Waals surface area (Å²) >= 11 is 1.18. The van der Waals surface area contributed by atoms with E-state index in [0.717, 1.165) is 12.1 Å². The van der Waals surface area contributed by atoms with Crippen LogP contribution in [0.3, 0.4) is 0 Å². The summed E-state index contributed by atoms with van der Waals surface area (Å²) in [6.07, 6.45) is 2.52. The van der Waals surface area contributed by atoms with E-state index in [4.69, 9.17) is 0 Å². The van der Waals surface area contributed by atoms with Crippen LogP contribution in [0.2, 0.25) is 0 Å². The summed E-state index contributed by atoms with van der Waals surface area (Å²) in [5.74, 6) is -0.111. The second-order valence-corrected chi connectivity index (χ2v) is 5.68. The maximum atomic E-state index is 12.6. The van der Waals surface area contributed by atoms with E-state index in [1.54, 1.807) is 16.5 Å². The second-order valence-electron chi connectivity index (χ2n) is 5.07. The van der Waals surface area contributed by atoms with Crippen molar-refractivity contribution in [1.82, 2.24) is 19.5 Å². The van der Waals surface area contributed by atoms with Crippen LogP contribution >= 0.6 is 11.5 Å². The normalized spacial score (nSPS) is 10.4. The molecule has 0 bridgehead atoms. The SMILES string of the molecule is O=C(c1csnn1)N(CCc1ccccc1)Cc1ccccn1. The second kappa shape index (κ2) is 7.60. The molecule has 0 saturated heterocycles. The van der Waals surface area contributed by atoms with Gasteiger partial charge in [0.05, 0.1) is 12.2 Å². The van der Waals surface area contributed by atoms with Crippen molar-refractivity contribution in [2.24, 2.45) is 0 Å². The van der Waals surface area contributed by atoms with Gasteiger partial charge in [0.15, 0.2) is 5.69 Å². The largest absolute Gasteiger partial charge is 0.331 e. The highest BCUT2D eigenvalue weighted by atomic mass is 32.1. The Morgan fingerprint density at radius 2 is 1.91 bits per heavy atom. The van der Waals surface area contributed by atoms with Gasteiger partial charge in [0.1, 0.15) is 0 Å². The molecule has 0 saturated carbocycles. The lowest BCUT2D eigenvalue weighted by Crippen LogP contribution is -2.33. The predicted molar refractivity (Wildman–Crippen MR) is 89.0 cm³/mol. The molecule has 116 valence electrons. The zero-order chi connectivity index (χ0) is 15.9. The number of pyridine rings is 1. The molecular weight excluding hydrogens is 308 g/mol. The standard InChI is InChI=1S/C17H16N4OS/c22-17(16-13-23-20-19-16)21(12-15-8-4-5-10-18-15)11-9-14-6-2-1-3-7-14/h1-8,10,13H,9,11-12H2. The summed E-state index contributed by atoms with van der Waals surface area (Å²) in [6.45, 7) is 1.07. The van der Waals surface area contributed by atoms with Gasteiger partial charge in [-0.2, -0.15) is 0 Å². The van der Waals surface area contributed by atoms with Crippen molar-refractivity contribution in [2.45, 2.75) is 13.0 Å². The topological polar surface area (TPSA) is 59.0 Å². The third-order valence-corrected chi connectivity index (χ3v) is 3.96. The van der Waals surface area contributed by atoms with E-state index in [2.05, 4.69) is 26.7 Å². The van der Waals surface area contributed by atoms with Crippen LogP contribution in [-0.4, -0.2) is 31.9 Å². The lowest BCUT2D eigenvalue weighted by molar-refractivity contribution is 0.0737. The van der Waals surface area contributed by atoms with Gasteiger partial charge in [-0.1, -0.05) is 40.9 Å². The van der Waals surface area contributed by atoms with Crippen LogP contribution < -0.4 is 0 Å². The highest BCUT2D eigenvalue weighted by molar-refractivity contribution is 7.03. The van der Waals surface area contributed by atoms with Crippen molar-refractivity contribution in [3.8, 4) is 0 Å². The summed E-state index contributed by atoms with van der Waals surface area (Å²) in [5.41, 5.74) is 2.44. The molecular formula is C17H16N4OS. The molecule has 0 fully saturated rings. The Hall–Kier alpha value is -2.60. The average molecular weight is 324 g/mol. The van der Waals surface area contributed by atoms with Crippen molar-refractivity contribution >= 4 is 17.4 Å². The lowest BCUT2D eigenvalue weighted by Gasteiger charge is -2.21. The van der Waals surface area contributed by atoms with Gasteiger partial charge in [0.25, 0.3) is 5.91 Å². The smallest absolute Gasteiger partial charge is 0.275 e. The van der Waals surface area contributed by atoms with Gasteiger partial charge in [0, 0.05) is 18.1 Å². The van der Waals surface area contributed by atoms with Crippen molar-refractivity contribution in [1.29, 1.82) is 0 Å². The van der Waals surface area contributed by atoms with Gasteiger partial charge < -0.3 is 4.90 Å². The lowest BCUT2D eigenvalue weighted by atomic mass is 10.1. The van der Waals surface area contributed by atoms with Gasteiger partial charge in [-0.25, -0.2) is 0 Å². The highest BCUT2D eigenvalue weighted by Gasteiger charge is 2.18. The van der Waals surface area contributed by atoms with Crippen LogP contribution in [0.4, 0.5) is 0 Å². The number of rotatable bonds is 6. The first-order chi connectivity index (χ1) is 11.3. The highest BCUT2D eigenvalue weighted by Crippen LogP contribution is 2.10. The Balaban J connectivity index is 1.74. The van der Waals surface area contributed by atoms with Crippen LogP contribution in [0, 0.1) is 0 Å². The molecule has 0 unspecified atom stereocenters. The van der Waals surface area contributed by atoms with Crippen LogP contribution in [0.5, 0.6) is 0 Å². The number of hydrogen-bond donors (Lipinski definition) is 0. The minimum Gasteiger partial charge on any atom is -0.331 e. The number of carbonyl (C=O) groups excluding carboxylic acids is 1. The summed E-state index contributed by atoms with van der Waals surface area (Å²) in [6, 6.07) is 15.8. The quantitative estimate of drug-likeness (QED) is 0.699. The van der Waals surface area contributed by atoms with E-state index >= 15 is 0 Å². The predicted octanol–water partition coefficient (Wildman–Crippen LogP) is 2.82. The Kier molecular flexibility index (Phi) is 5.06. The molecule has 0 radical (unpaired) electrons. The van der Waals surface area contributed by atoms with Gasteiger partial charge in [0.2, 0.25) is 0 Å². The minimum absolute atomic E-state index is 0.111. The first-order valence-electron chi connectivity index (χ1n) is 7.33. The molecule has 23 heavy (non-hydrogen) atoms. The summed E-state index contributed by atoms with van der Waals surface area (Å²) in [5, 5.41) is 5.57. The minimum atomic E-state index is -0.111. The number of amides is 1. The van der Waals surface area contributed by atoms with Gasteiger partial charge in [-0.15, -0.1) is 5.10 Å². The maximum absolute atomic E-state index is 12.6. The van der Waals surface area contributed by atoms with Crippen LogP contribution in [-0.2, 0) is 13.0 Å². The summed E-state index contributed by atoms with van der Waals surface area (Å²) in [7, 11) is 0. The molecule has 1 aromatic carbocycles. The monoisotopic (exact) mass is 324 g/mol. The fraction of sp³-hybridized carbons (Fsp3) is 0.176. The third kappa shape index (κ3) is 4.20. The number of hydrogen-bond acceptors (Lipinski definition) is 5. The van der Waals surface area contributed by atoms with Crippen LogP contribution in [0.25, 0.3) is 0 Å². The number of benzene rings is 1. The Bertz CT molecular complexity index is 732. The van der Waals surface area contributed by atoms with E-state index in [1.165, 1.54) is 17.1 Å². The molecule has 3 rings (SSSR count). The molecule has 1 amide bonds. The molecule has 5 nitrogen and oxygen atoms in total. The summed E-state index contributed by atoms with van der Waals surface area (Å²) < 4.78 is 3.78. The molecule has 0 atom stereocenters.